The Balaban J connectivity index is 2.01. The first-order valence-corrected chi connectivity index (χ1v) is 8.79. The largest absolute Gasteiger partial charge is 0.329 e. The van der Waals surface area contributed by atoms with Crippen LogP contribution >= 0.6 is 0 Å². The van der Waals surface area contributed by atoms with E-state index >= 15 is 0 Å². The summed E-state index contributed by atoms with van der Waals surface area (Å²) in [4.78, 5) is 5.40. The summed E-state index contributed by atoms with van der Waals surface area (Å²) in [5.74, 6) is 1.70. The summed E-state index contributed by atoms with van der Waals surface area (Å²) >= 11 is 0. The molecule has 0 aromatic heterocycles. The smallest absolute Gasteiger partial charge is 0.0344 e. The first kappa shape index (κ1) is 16.3. The van der Waals surface area contributed by atoms with Gasteiger partial charge in [-0.25, -0.2) is 0 Å². The zero-order valence-corrected chi connectivity index (χ0v) is 13.9. The van der Waals surface area contributed by atoms with Crippen LogP contribution in [0.15, 0.2) is 0 Å². The molecular formula is C17H35N3. The molecule has 2 aliphatic heterocycles. The summed E-state index contributed by atoms with van der Waals surface area (Å²) in [6.45, 7) is 14.2. The fourth-order valence-corrected chi connectivity index (χ4v) is 4.12. The van der Waals surface area contributed by atoms with Crippen LogP contribution in [0.5, 0.6) is 0 Å². The fraction of sp³-hybridized carbons (Fsp3) is 1.00. The summed E-state index contributed by atoms with van der Waals surface area (Å²) in [5.41, 5.74) is 6.57. The number of hydrogen-bond donors (Lipinski definition) is 1. The molecule has 0 spiro atoms. The van der Waals surface area contributed by atoms with Crippen LogP contribution in [0.25, 0.3) is 0 Å². The monoisotopic (exact) mass is 281 g/mol. The molecule has 3 unspecified atom stereocenters. The highest BCUT2D eigenvalue weighted by atomic mass is 15.2. The van der Waals surface area contributed by atoms with E-state index in [-0.39, 0.29) is 5.54 Å². The molecule has 20 heavy (non-hydrogen) atoms. The molecule has 2 N–H and O–H groups in total. The van der Waals surface area contributed by atoms with Crippen LogP contribution in [-0.2, 0) is 0 Å². The maximum absolute atomic E-state index is 6.28. The average Bonchev–Trinajstić information content (AvgIpc) is 2.66. The summed E-state index contributed by atoms with van der Waals surface area (Å²) in [6, 6.07) is 0. The Kier molecular flexibility index (Phi) is 5.88. The highest BCUT2D eigenvalue weighted by molar-refractivity contribution is 4.97. The van der Waals surface area contributed by atoms with E-state index in [0.29, 0.717) is 0 Å². The molecule has 2 saturated heterocycles. The van der Waals surface area contributed by atoms with Crippen LogP contribution in [-0.4, -0.2) is 54.6 Å². The molecule has 0 aliphatic carbocycles. The molecule has 0 bridgehead atoms. The first-order valence-electron chi connectivity index (χ1n) is 8.79. The SMILES string of the molecule is CCCN1CCCC(CN)(N2CCC(C)C(C)C2)CC1. The third-order valence-electron chi connectivity index (χ3n) is 5.93. The summed E-state index contributed by atoms with van der Waals surface area (Å²) in [5, 5.41) is 0. The van der Waals surface area contributed by atoms with Gasteiger partial charge < -0.3 is 10.6 Å². The van der Waals surface area contributed by atoms with Gasteiger partial charge in [-0.05, 0) is 70.1 Å². The fourth-order valence-electron chi connectivity index (χ4n) is 4.12. The molecular weight excluding hydrogens is 246 g/mol. The van der Waals surface area contributed by atoms with Gasteiger partial charge in [0.15, 0.2) is 0 Å². The summed E-state index contributed by atoms with van der Waals surface area (Å²) in [7, 11) is 0. The predicted octanol–water partition coefficient (Wildman–Crippen LogP) is 2.56. The number of piperidine rings is 1. The van der Waals surface area contributed by atoms with Crippen molar-refractivity contribution >= 4 is 0 Å². The molecule has 3 heteroatoms. The van der Waals surface area contributed by atoms with E-state index < -0.39 is 0 Å². The lowest BCUT2D eigenvalue weighted by molar-refractivity contribution is 0.0210. The van der Waals surface area contributed by atoms with E-state index in [2.05, 4.69) is 30.6 Å². The van der Waals surface area contributed by atoms with Gasteiger partial charge in [0.1, 0.15) is 0 Å². The van der Waals surface area contributed by atoms with Crippen molar-refractivity contribution in [2.24, 2.45) is 17.6 Å². The summed E-state index contributed by atoms with van der Waals surface area (Å²) < 4.78 is 0. The van der Waals surface area contributed by atoms with Crippen molar-refractivity contribution in [3.05, 3.63) is 0 Å². The Labute approximate surface area is 125 Å². The third kappa shape index (κ3) is 3.55. The van der Waals surface area contributed by atoms with Crippen molar-refractivity contribution in [3.63, 3.8) is 0 Å². The molecule has 0 aromatic rings. The number of rotatable bonds is 4. The van der Waals surface area contributed by atoms with Crippen molar-refractivity contribution in [1.29, 1.82) is 0 Å². The van der Waals surface area contributed by atoms with Gasteiger partial charge in [0.2, 0.25) is 0 Å². The lowest BCUT2D eigenvalue weighted by Gasteiger charge is -2.48. The van der Waals surface area contributed by atoms with Crippen molar-refractivity contribution in [2.45, 2.75) is 58.4 Å². The minimum absolute atomic E-state index is 0.289. The molecule has 0 saturated carbocycles. The second kappa shape index (κ2) is 7.24. The molecule has 0 amide bonds. The van der Waals surface area contributed by atoms with E-state index in [0.717, 1.165) is 18.4 Å². The van der Waals surface area contributed by atoms with Gasteiger partial charge in [0.25, 0.3) is 0 Å². The van der Waals surface area contributed by atoms with Crippen molar-refractivity contribution in [2.75, 3.05) is 39.3 Å². The predicted molar refractivity (Wildman–Crippen MR) is 86.9 cm³/mol. The Morgan fingerprint density at radius 1 is 1.10 bits per heavy atom. The molecule has 0 radical (unpaired) electrons. The molecule has 3 atom stereocenters. The Bertz CT molecular complexity index is 294. The Hall–Kier alpha value is -0.120. The summed E-state index contributed by atoms with van der Waals surface area (Å²) in [6.07, 6.45) is 6.50. The van der Waals surface area contributed by atoms with Crippen LogP contribution in [0.2, 0.25) is 0 Å². The second-order valence-electron chi connectivity index (χ2n) is 7.31. The van der Waals surface area contributed by atoms with Gasteiger partial charge in [-0.1, -0.05) is 20.8 Å². The van der Waals surface area contributed by atoms with E-state index in [1.807, 2.05) is 0 Å². The first-order chi connectivity index (χ1) is 9.61. The minimum atomic E-state index is 0.289. The van der Waals surface area contributed by atoms with E-state index in [9.17, 15) is 0 Å². The van der Waals surface area contributed by atoms with E-state index in [1.54, 1.807) is 0 Å². The molecule has 118 valence electrons. The molecule has 0 aromatic carbocycles. The Morgan fingerprint density at radius 3 is 2.55 bits per heavy atom. The lowest BCUT2D eigenvalue weighted by Crippen LogP contribution is -2.58. The van der Waals surface area contributed by atoms with Gasteiger partial charge >= 0.3 is 0 Å². The Morgan fingerprint density at radius 2 is 1.90 bits per heavy atom. The van der Waals surface area contributed by atoms with Gasteiger partial charge in [0.05, 0.1) is 0 Å². The van der Waals surface area contributed by atoms with Crippen LogP contribution in [0.4, 0.5) is 0 Å². The number of likely N-dealkylation sites (tertiary alicyclic amines) is 2. The standard InChI is InChI=1S/C17H35N3/c1-4-9-19-10-5-7-17(14-18,8-12-19)20-11-6-15(2)16(3)13-20/h15-16H,4-14,18H2,1-3H3. The second-order valence-corrected chi connectivity index (χ2v) is 7.31. The van der Waals surface area contributed by atoms with Crippen molar-refractivity contribution < 1.29 is 0 Å². The molecule has 2 fully saturated rings. The molecule has 2 aliphatic rings. The number of nitrogens with two attached hydrogens (primary N) is 1. The lowest BCUT2D eigenvalue weighted by atomic mass is 9.82. The van der Waals surface area contributed by atoms with E-state index in [4.69, 9.17) is 5.73 Å². The molecule has 3 nitrogen and oxygen atoms in total. The van der Waals surface area contributed by atoms with Crippen LogP contribution in [0.1, 0.15) is 52.9 Å². The van der Waals surface area contributed by atoms with E-state index in [1.165, 1.54) is 64.8 Å². The quantitative estimate of drug-likeness (QED) is 0.859. The van der Waals surface area contributed by atoms with Gasteiger partial charge in [-0.2, -0.15) is 0 Å². The van der Waals surface area contributed by atoms with Crippen molar-refractivity contribution in [1.82, 2.24) is 9.80 Å². The van der Waals surface area contributed by atoms with Gasteiger partial charge in [-0.15, -0.1) is 0 Å². The number of nitrogens with zero attached hydrogens (tertiary/aromatic N) is 2. The van der Waals surface area contributed by atoms with Crippen LogP contribution in [0.3, 0.4) is 0 Å². The minimum Gasteiger partial charge on any atom is -0.329 e. The van der Waals surface area contributed by atoms with Crippen LogP contribution < -0.4 is 5.73 Å². The average molecular weight is 281 g/mol. The van der Waals surface area contributed by atoms with Gasteiger partial charge in [0, 0.05) is 18.6 Å². The zero-order chi connectivity index (χ0) is 14.6. The van der Waals surface area contributed by atoms with Crippen LogP contribution in [0, 0.1) is 11.8 Å². The number of hydrogen-bond acceptors (Lipinski definition) is 3. The maximum atomic E-state index is 6.28. The zero-order valence-electron chi connectivity index (χ0n) is 13.9. The molecule has 2 heterocycles. The topological polar surface area (TPSA) is 32.5 Å². The normalized spacial score (nSPS) is 37.8. The van der Waals surface area contributed by atoms with Crippen molar-refractivity contribution in [3.8, 4) is 0 Å². The maximum Gasteiger partial charge on any atom is 0.0344 e. The highest BCUT2D eigenvalue weighted by Crippen LogP contribution is 2.34. The van der Waals surface area contributed by atoms with Gasteiger partial charge in [-0.3, -0.25) is 4.90 Å². The third-order valence-corrected chi connectivity index (χ3v) is 5.93. The highest BCUT2D eigenvalue weighted by Gasteiger charge is 2.39. The molecule has 2 rings (SSSR count).